The summed E-state index contributed by atoms with van der Waals surface area (Å²) in [6, 6.07) is 8.69. The van der Waals surface area contributed by atoms with E-state index in [9.17, 15) is 13.9 Å². The quantitative estimate of drug-likeness (QED) is 0.388. The second-order valence-electron chi connectivity index (χ2n) is 9.61. The second kappa shape index (κ2) is 9.28. The molecule has 2 aliphatic rings. The van der Waals surface area contributed by atoms with E-state index in [0.29, 0.717) is 42.4 Å². The molecule has 10 nitrogen and oxygen atoms in total. The van der Waals surface area contributed by atoms with Crippen molar-refractivity contribution in [3.63, 3.8) is 0 Å². The van der Waals surface area contributed by atoms with Gasteiger partial charge in [-0.05, 0) is 36.8 Å². The Labute approximate surface area is 216 Å². The van der Waals surface area contributed by atoms with Gasteiger partial charge in [-0.3, -0.25) is 0 Å². The van der Waals surface area contributed by atoms with Crippen LogP contribution < -0.4 is 23.8 Å². The molecule has 1 atom stereocenters. The van der Waals surface area contributed by atoms with Gasteiger partial charge in [0.25, 0.3) is 0 Å². The predicted molar refractivity (Wildman–Crippen MR) is 132 cm³/mol. The van der Waals surface area contributed by atoms with Crippen molar-refractivity contribution in [3.05, 3.63) is 60.2 Å². The summed E-state index contributed by atoms with van der Waals surface area (Å²) in [7, 11) is 1.55. The summed E-state index contributed by atoms with van der Waals surface area (Å²) in [6.07, 6.45) is 4.45. The molecular weight excluding hydrogens is 500 g/mol. The molecule has 3 aromatic heterocycles. The lowest BCUT2D eigenvalue weighted by Gasteiger charge is -2.45. The maximum Gasteiger partial charge on any atom is 0.388 e. The van der Waals surface area contributed by atoms with E-state index in [1.807, 2.05) is 29.7 Å². The molecule has 6 rings (SSSR count). The second-order valence-corrected chi connectivity index (χ2v) is 9.61. The number of methoxy groups -OCH3 is 1. The molecule has 5 heterocycles. The van der Waals surface area contributed by atoms with Gasteiger partial charge >= 0.3 is 6.61 Å². The van der Waals surface area contributed by atoms with Crippen molar-refractivity contribution >= 4 is 16.9 Å². The Morgan fingerprint density at radius 1 is 1.16 bits per heavy atom. The minimum absolute atomic E-state index is 0.172. The Kier molecular flexibility index (Phi) is 5.90. The molecule has 1 aromatic carbocycles. The van der Waals surface area contributed by atoms with Crippen LogP contribution in [0.15, 0.2) is 49.1 Å². The minimum atomic E-state index is -2.94. The third-order valence-electron chi connectivity index (χ3n) is 6.51. The molecule has 1 N–H and O–H groups in total. The number of fused-ring (bicyclic) bond motifs is 2. The zero-order chi connectivity index (χ0) is 26.4. The van der Waals surface area contributed by atoms with Gasteiger partial charge in [-0.25, -0.2) is 15.0 Å². The maximum absolute atomic E-state index is 12.4. The van der Waals surface area contributed by atoms with E-state index >= 15 is 0 Å². The van der Waals surface area contributed by atoms with Gasteiger partial charge in [0.2, 0.25) is 11.6 Å². The highest BCUT2D eigenvalue weighted by atomic mass is 19.3. The number of ether oxygens (including phenoxy) is 4. The van der Waals surface area contributed by atoms with Gasteiger partial charge in [-0.2, -0.15) is 8.78 Å². The van der Waals surface area contributed by atoms with E-state index in [4.69, 9.17) is 14.2 Å². The van der Waals surface area contributed by atoms with E-state index in [2.05, 4.69) is 24.6 Å². The van der Waals surface area contributed by atoms with E-state index in [-0.39, 0.29) is 12.5 Å². The highest BCUT2D eigenvalue weighted by molar-refractivity contribution is 5.75. The van der Waals surface area contributed by atoms with E-state index in [0.717, 1.165) is 22.4 Å². The molecule has 0 amide bonds. The number of pyridine rings is 2. The fourth-order valence-corrected chi connectivity index (χ4v) is 4.73. The fourth-order valence-electron chi connectivity index (χ4n) is 4.73. The number of β-amino-alcohol motifs (C(OH)–C–C–N with tert-alkyl or cyclic N) is 1. The zero-order valence-corrected chi connectivity index (χ0v) is 20.7. The minimum Gasteiger partial charge on any atom is -0.493 e. The van der Waals surface area contributed by atoms with Crippen LogP contribution in [-0.2, 0) is 6.54 Å². The SMILES string of the molecule is COc1cc(Cn2cnc3cc(N4CC(C)(O)C4)cnc32)cc2c1OC(c1ccc(OC(F)F)nc1)CO2. The molecule has 1 saturated heterocycles. The van der Waals surface area contributed by atoms with Crippen LogP contribution in [0.3, 0.4) is 0 Å². The number of nitrogens with zero attached hydrogens (tertiary/aromatic N) is 5. The van der Waals surface area contributed by atoms with Crippen molar-refractivity contribution < 1.29 is 32.8 Å². The molecule has 0 aliphatic carbocycles. The normalized spacial score (nSPS) is 17.9. The molecule has 198 valence electrons. The van der Waals surface area contributed by atoms with Crippen molar-refractivity contribution in [2.45, 2.75) is 31.8 Å². The Balaban J connectivity index is 1.20. The Morgan fingerprint density at radius 3 is 2.71 bits per heavy atom. The van der Waals surface area contributed by atoms with Crippen molar-refractivity contribution in [1.82, 2.24) is 19.5 Å². The number of aromatic nitrogens is 4. The summed E-state index contributed by atoms with van der Waals surface area (Å²) in [6.45, 7) is 0.687. The number of hydrogen-bond donors (Lipinski definition) is 1. The number of halogens is 2. The van der Waals surface area contributed by atoms with Crippen molar-refractivity contribution in [3.8, 4) is 23.1 Å². The van der Waals surface area contributed by atoms with Crippen LogP contribution in [0.4, 0.5) is 14.5 Å². The zero-order valence-electron chi connectivity index (χ0n) is 20.7. The smallest absolute Gasteiger partial charge is 0.388 e. The molecular formula is C26H25F2N5O5. The Morgan fingerprint density at radius 2 is 2.00 bits per heavy atom. The van der Waals surface area contributed by atoms with Crippen molar-refractivity contribution in [2.24, 2.45) is 0 Å². The summed E-state index contributed by atoms with van der Waals surface area (Å²) in [5.74, 6) is 1.31. The van der Waals surface area contributed by atoms with Crippen molar-refractivity contribution in [2.75, 3.05) is 31.7 Å². The lowest BCUT2D eigenvalue weighted by Crippen LogP contribution is -2.60. The first-order valence-electron chi connectivity index (χ1n) is 12.0. The molecule has 38 heavy (non-hydrogen) atoms. The van der Waals surface area contributed by atoms with Crippen LogP contribution in [-0.4, -0.2) is 63.6 Å². The molecule has 4 aromatic rings. The number of rotatable bonds is 7. The summed E-state index contributed by atoms with van der Waals surface area (Å²) in [5, 5.41) is 10.0. The summed E-state index contributed by atoms with van der Waals surface area (Å²) < 4.78 is 48.8. The van der Waals surface area contributed by atoms with Crippen LogP contribution in [0.5, 0.6) is 23.1 Å². The molecule has 0 radical (unpaired) electrons. The average molecular weight is 526 g/mol. The number of benzene rings is 1. The van der Waals surface area contributed by atoms with Gasteiger partial charge in [0.1, 0.15) is 12.1 Å². The number of aliphatic hydroxyl groups is 1. The van der Waals surface area contributed by atoms with Crippen LogP contribution in [0, 0.1) is 0 Å². The fraction of sp³-hybridized carbons (Fsp3) is 0.346. The largest absolute Gasteiger partial charge is 0.493 e. The molecule has 1 fully saturated rings. The van der Waals surface area contributed by atoms with Crippen molar-refractivity contribution in [1.29, 1.82) is 0 Å². The lowest BCUT2D eigenvalue weighted by molar-refractivity contribution is -0.0529. The first-order chi connectivity index (χ1) is 18.3. The maximum atomic E-state index is 12.4. The highest BCUT2D eigenvalue weighted by Gasteiger charge is 2.37. The van der Waals surface area contributed by atoms with E-state index in [1.54, 1.807) is 25.7 Å². The summed E-state index contributed by atoms with van der Waals surface area (Å²) in [5.41, 5.74) is 3.32. The standard InChI is InChI=1S/C26H25F2N5O5/c1-26(34)12-33(13-26)17-7-18-24(30-9-17)32(14-31-18)10-15-5-19(35-2)23-20(6-15)36-11-21(37-23)16-3-4-22(29-8-16)38-25(27)28/h3-9,14,21,25,34H,10-13H2,1-2H3. The summed E-state index contributed by atoms with van der Waals surface area (Å²) in [4.78, 5) is 15.1. The van der Waals surface area contributed by atoms with E-state index in [1.165, 1.54) is 12.3 Å². The highest BCUT2D eigenvalue weighted by Crippen LogP contribution is 2.44. The summed E-state index contributed by atoms with van der Waals surface area (Å²) >= 11 is 0. The van der Waals surface area contributed by atoms with Gasteiger partial charge in [-0.15, -0.1) is 0 Å². The topological polar surface area (TPSA) is 104 Å². The molecule has 0 bridgehead atoms. The van der Waals surface area contributed by atoms with Gasteiger partial charge in [0.15, 0.2) is 23.3 Å². The van der Waals surface area contributed by atoms with Gasteiger partial charge < -0.3 is 33.5 Å². The van der Waals surface area contributed by atoms with Gasteiger partial charge in [0.05, 0.1) is 37.5 Å². The predicted octanol–water partition coefficient (Wildman–Crippen LogP) is 3.57. The van der Waals surface area contributed by atoms with Crippen LogP contribution in [0.1, 0.15) is 24.2 Å². The van der Waals surface area contributed by atoms with E-state index < -0.39 is 18.3 Å². The first-order valence-corrected chi connectivity index (χ1v) is 12.0. The van der Waals surface area contributed by atoms with Crippen LogP contribution >= 0.6 is 0 Å². The number of imidazole rings is 1. The molecule has 12 heteroatoms. The average Bonchev–Trinajstić information content (AvgIpc) is 3.28. The molecule has 2 aliphatic heterocycles. The lowest BCUT2D eigenvalue weighted by atomic mass is 9.96. The van der Waals surface area contributed by atoms with Gasteiger partial charge in [0, 0.05) is 30.9 Å². The Bertz CT molecular complexity index is 1450. The number of alkyl halides is 2. The molecule has 1 unspecified atom stereocenters. The van der Waals surface area contributed by atoms with Crippen LogP contribution in [0.2, 0.25) is 0 Å². The Hall–Kier alpha value is -4.19. The molecule has 0 saturated carbocycles. The van der Waals surface area contributed by atoms with Gasteiger partial charge in [-0.1, -0.05) is 0 Å². The molecule has 0 spiro atoms. The number of hydrogen-bond acceptors (Lipinski definition) is 9. The third-order valence-corrected chi connectivity index (χ3v) is 6.51. The van der Waals surface area contributed by atoms with Crippen LogP contribution in [0.25, 0.3) is 11.2 Å². The number of anilines is 1. The monoisotopic (exact) mass is 525 g/mol. The third kappa shape index (κ3) is 4.62. The first kappa shape index (κ1) is 24.2.